The predicted molar refractivity (Wildman–Crippen MR) is 152 cm³/mol. The summed E-state index contributed by atoms with van der Waals surface area (Å²) in [5.41, 5.74) is 1.45. The molecule has 0 fully saturated rings. The molecule has 0 aromatic heterocycles. The Morgan fingerprint density at radius 2 is 1.09 bits per heavy atom. The van der Waals surface area contributed by atoms with Crippen LogP contribution in [-0.4, -0.2) is 0 Å². The van der Waals surface area contributed by atoms with Crippen LogP contribution in [0.2, 0.25) is 0 Å². The highest BCUT2D eigenvalue weighted by atomic mass is 14.2. The summed E-state index contributed by atoms with van der Waals surface area (Å²) in [6.45, 7) is 21.9. The standard InChI is InChI=1S/C10H14.C8H18.C6H12.C5H9N.2CH4/c1-3-9(2)10-7-5-4-6-8-10;1-5-7(3)8(4)6-2;1-3-5-6-4-2;1-3-5(2)4-6;;/h4-9H,3H2,1-2H3;7-8H,5-6H2,1-4H3;5-6H,3-4H2,1-2H3;5H,3H2,1-2H3;2*1H4. The zero-order valence-corrected chi connectivity index (χ0v) is 22.0. The third-order valence-corrected chi connectivity index (χ3v) is 5.71. The van der Waals surface area contributed by atoms with E-state index in [4.69, 9.17) is 5.26 Å². The molecule has 0 aliphatic heterocycles. The summed E-state index contributed by atoms with van der Waals surface area (Å²) in [4.78, 5) is 0. The molecule has 0 bridgehead atoms. The van der Waals surface area contributed by atoms with E-state index >= 15 is 0 Å². The van der Waals surface area contributed by atoms with Crippen LogP contribution in [0.15, 0.2) is 42.5 Å². The summed E-state index contributed by atoms with van der Waals surface area (Å²) < 4.78 is 0. The van der Waals surface area contributed by atoms with Gasteiger partial charge in [0.05, 0.1) is 6.07 Å². The molecule has 1 aromatic rings. The Morgan fingerprint density at radius 3 is 1.31 bits per heavy atom. The van der Waals surface area contributed by atoms with E-state index < -0.39 is 0 Å². The molecule has 0 radical (unpaired) electrons. The number of rotatable bonds is 8. The fourth-order valence-corrected chi connectivity index (χ4v) is 2.25. The van der Waals surface area contributed by atoms with Crippen molar-refractivity contribution in [3.05, 3.63) is 48.0 Å². The number of nitriles is 1. The molecular weight excluding hydrogens is 386 g/mol. The van der Waals surface area contributed by atoms with Crippen LogP contribution >= 0.6 is 0 Å². The maximum Gasteiger partial charge on any atom is 0.0652 e. The van der Waals surface area contributed by atoms with E-state index in [2.05, 4.69) is 104 Å². The van der Waals surface area contributed by atoms with Crippen LogP contribution in [0.4, 0.5) is 0 Å². The largest absolute Gasteiger partial charge is 0.198 e. The summed E-state index contributed by atoms with van der Waals surface area (Å²) in [7, 11) is 0. The minimum absolute atomic E-state index is 0. The number of hydrogen-bond acceptors (Lipinski definition) is 1. The second kappa shape index (κ2) is 31.6. The maximum atomic E-state index is 8.08. The Kier molecular flexibility index (Phi) is 40.3. The van der Waals surface area contributed by atoms with Crippen molar-refractivity contribution in [3.63, 3.8) is 0 Å². The van der Waals surface area contributed by atoms with E-state index in [9.17, 15) is 0 Å². The van der Waals surface area contributed by atoms with Gasteiger partial charge >= 0.3 is 0 Å². The molecule has 0 N–H and O–H groups in total. The summed E-state index contributed by atoms with van der Waals surface area (Å²) in [5, 5.41) is 8.08. The number of allylic oxidation sites excluding steroid dienone is 2. The van der Waals surface area contributed by atoms with Gasteiger partial charge in [-0.05, 0) is 55.9 Å². The Labute approximate surface area is 205 Å². The van der Waals surface area contributed by atoms with Crippen molar-refractivity contribution in [1.82, 2.24) is 0 Å². The summed E-state index contributed by atoms with van der Waals surface area (Å²) in [6.07, 6.45) is 11.6. The zero-order valence-electron chi connectivity index (χ0n) is 22.0. The smallest absolute Gasteiger partial charge is 0.0652 e. The summed E-state index contributed by atoms with van der Waals surface area (Å²) in [6, 6.07) is 12.8. The van der Waals surface area contributed by atoms with Crippen molar-refractivity contribution >= 4 is 0 Å². The van der Waals surface area contributed by atoms with Gasteiger partial charge in [0.25, 0.3) is 0 Å². The van der Waals surface area contributed by atoms with Crippen LogP contribution in [0.25, 0.3) is 0 Å². The van der Waals surface area contributed by atoms with Gasteiger partial charge in [0, 0.05) is 5.92 Å². The van der Waals surface area contributed by atoms with Crippen LogP contribution < -0.4 is 0 Å². The summed E-state index contributed by atoms with van der Waals surface area (Å²) in [5.74, 6) is 2.78. The van der Waals surface area contributed by atoms with Crippen molar-refractivity contribution < 1.29 is 0 Å². The first-order valence-electron chi connectivity index (χ1n) is 12.4. The van der Waals surface area contributed by atoms with Gasteiger partial charge < -0.3 is 0 Å². The second-order valence-electron chi connectivity index (χ2n) is 8.22. The third-order valence-electron chi connectivity index (χ3n) is 5.71. The topological polar surface area (TPSA) is 23.8 Å². The van der Waals surface area contributed by atoms with Gasteiger partial charge in [0.15, 0.2) is 0 Å². The quantitative estimate of drug-likeness (QED) is 0.363. The first kappa shape index (κ1) is 40.8. The first-order chi connectivity index (χ1) is 14.3. The number of hydrogen-bond donors (Lipinski definition) is 0. The lowest BCUT2D eigenvalue weighted by Gasteiger charge is -2.14. The molecule has 190 valence electrons. The summed E-state index contributed by atoms with van der Waals surface area (Å²) >= 11 is 0. The average molecular weight is 448 g/mol. The van der Waals surface area contributed by atoms with Crippen LogP contribution in [0, 0.1) is 29.1 Å². The van der Waals surface area contributed by atoms with Crippen LogP contribution in [-0.2, 0) is 0 Å². The molecule has 0 aliphatic rings. The molecule has 0 saturated heterocycles. The van der Waals surface area contributed by atoms with Crippen molar-refractivity contribution in [3.8, 4) is 6.07 Å². The maximum absolute atomic E-state index is 8.08. The van der Waals surface area contributed by atoms with Crippen LogP contribution in [0.3, 0.4) is 0 Å². The molecular formula is C31H61N. The normalized spacial score (nSPS) is 12.9. The second-order valence-corrected chi connectivity index (χ2v) is 8.22. The highest BCUT2D eigenvalue weighted by Gasteiger charge is 2.05. The molecule has 1 rings (SSSR count). The van der Waals surface area contributed by atoms with Crippen LogP contribution in [0.5, 0.6) is 0 Å². The Morgan fingerprint density at radius 1 is 0.688 bits per heavy atom. The Bertz CT molecular complexity index is 483. The SMILES string of the molecule is C.C.CCC(C)C#N.CCC(C)C(C)CC.CCC(C)c1ccccc1.CCC=CCC. The molecule has 4 unspecified atom stereocenters. The highest BCUT2D eigenvalue weighted by molar-refractivity contribution is 5.18. The monoisotopic (exact) mass is 447 g/mol. The lowest BCUT2D eigenvalue weighted by Crippen LogP contribution is -2.04. The van der Waals surface area contributed by atoms with Gasteiger partial charge in [-0.2, -0.15) is 5.26 Å². The van der Waals surface area contributed by atoms with E-state index in [1.165, 1.54) is 37.7 Å². The van der Waals surface area contributed by atoms with E-state index in [1.807, 2.05) is 13.8 Å². The molecule has 0 saturated carbocycles. The molecule has 1 nitrogen and oxygen atoms in total. The van der Waals surface area contributed by atoms with Gasteiger partial charge in [-0.3, -0.25) is 0 Å². The Balaban J connectivity index is -0.000000102. The van der Waals surface area contributed by atoms with E-state index in [-0.39, 0.29) is 20.8 Å². The molecule has 0 aliphatic carbocycles. The molecule has 0 spiro atoms. The van der Waals surface area contributed by atoms with Gasteiger partial charge in [-0.25, -0.2) is 0 Å². The van der Waals surface area contributed by atoms with E-state index in [1.54, 1.807) is 0 Å². The van der Waals surface area contributed by atoms with Crippen molar-refractivity contribution in [2.45, 2.75) is 129 Å². The van der Waals surface area contributed by atoms with Gasteiger partial charge in [-0.1, -0.05) is 132 Å². The minimum atomic E-state index is 0. The van der Waals surface area contributed by atoms with Gasteiger partial charge in [0.1, 0.15) is 0 Å². The van der Waals surface area contributed by atoms with Crippen molar-refractivity contribution in [1.29, 1.82) is 5.26 Å². The van der Waals surface area contributed by atoms with Crippen molar-refractivity contribution in [2.24, 2.45) is 17.8 Å². The third kappa shape index (κ3) is 28.5. The molecule has 4 atom stereocenters. The number of nitrogens with zero attached hydrogens (tertiary/aromatic N) is 1. The fraction of sp³-hybridized carbons (Fsp3) is 0.710. The highest BCUT2D eigenvalue weighted by Crippen LogP contribution is 2.17. The molecule has 1 heteroatoms. The number of benzene rings is 1. The molecule has 32 heavy (non-hydrogen) atoms. The minimum Gasteiger partial charge on any atom is -0.198 e. The van der Waals surface area contributed by atoms with Gasteiger partial charge in [-0.15, -0.1) is 0 Å². The molecule has 1 aromatic carbocycles. The van der Waals surface area contributed by atoms with E-state index in [0.717, 1.165) is 18.3 Å². The lowest BCUT2D eigenvalue weighted by atomic mass is 9.92. The Hall–Kier alpha value is -1.55. The molecule has 0 amide bonds. The fourth-order valence-electron chi connectivity index (χ4n) is 2.25. The van der Waals surface area contributed by atoms with Crippen molar-refractivity contribution in [2.75, 3.05) is 0 Å². The van der Waals surface area contributed by atoms with Gasteiger partial charge in [0.2, 0.25) is 0 Å². The first-order valence-corrected chi connectivity index (χ1v) is 12.4. The lowest BCUT2D eigenvalue weighted by molar-refractivity contribution is 0.367. The van der Waals surface area contributed by atoms with E-state index in [0.29, 0.717) is 5.92 Å². The zero-order chi connectivity index (χ0) is 23.8. The predicted octanol–water partition coefficient (Wildman–Crippen LogP) is 11.5. The molecule has 0 heterocycles. The van der Waals surface area contributed by atoms with Crippen LogP contribution in [0.1, 0.15) is 134 Å². The average Bonchev–Trinajstić information content (AvgIpc) is 2.82.